The number of rotatable bonds is 6. The first-order chi connectivity index (χ1) is 13.1. The maximum Gasteiger partial charge on any atom is 0.315 e. The Morgan fingerprint density at radius 3 is 2.19 bits per heavy atom. The molecule has 0 saturated carbocycles. The van der Waals surface area contributed by atoms with Crippen LogP contribution in [0.1, 0.15) is 15.9 Å². The Morgan fingerprint density at radius 1 is 0.889 bits per heavy atom. The standard InChI is InChI=1S/C22H19NO4/c1-26-18-11-12-19(22(23)25)20(14-18)27-21(24)13-15-7-9-17(10-8-15)16-5-3-2-4-6-16/h2-12,14H,13H2,1H3,(H2,23,25). The summed E-state index contributed by atoms with van der Waals surface area (Å²) in [5.74, 6) is -0.603. The van der Waals surface area contributed by atoms with Gasteiger partial charge >= 0.3 is 5.97 Å². The topological polar surface area (TPSA) is 78.6 Å². The van der Waals surface area contributed by atoms with E-state index >= 15 is 0 Å². The fourth-order valence-electron chi connectivity index (χ4n) is 2.69. The van der Waals surface area contributed by atoms with Crippen LogP contribution in [0.3, 0.4) is 0 Å². The maximum atomic E-state index is 12.3. The van der Waals surface area contributed by atoms with E-state index in [9.17, 15) is 9.59 Å². The third-order valence-corrected chi connectivity index (χ3v) is 4.09. The molecule has 0 unspecified atom stereocenters. The van der Waals surface area contributed by atoms with Crippen molar-refractivity contribution in [2.24, 2.45) is 5.73 Å². The molecule has 0 fully saturated rings. The third-order valence-electron chi connectivity index (χ3n) is 4.09. The van der Waals surface area contributed by atoms with E-state index < -0.39 is 11.9 Å². The molecular formula is C22H19NO4. The second kappa shape index (κ2) is 8.19. The summed E-state index contributed by atoms with van der Waals surface area (Å²) < 4.78 is 10.4. The van der Waals surface area contributed by atoms with Crippen LogP contribution in [0.15, 0.2) is 72.8 Å². The van der Waals surface area contributed by atoms with Gasteiger partial charge < -0.3 is 15.2 Å². The lowest BCUT2D eigenvalue weighted by Gasteiger charge is -2.10. The van der Waals surface area contributed by atoms with Gasteiger partial charge in [-0.1, -0.05) is 54.6 Å². The van der Waals surface area contributed by atoms with Crippen molar-refractivity contribution in [3.8, 4) is 22.6 Å². The van der Waals surface area contributed by atoms with E-state index in [0.717, 1.165) is 16.7 Å². The minimum atomic E-state index is -0.673. The molecule has 0 aliphatic rings. The van der Waals surface area contributed by atoms with Crippen molar-refractivity contribution in [3.05, 3.63) is 83.9 Å². The molecule has 0 radical (unpaired) electrons. The number of nitrogens with two attached hydrogens (primary N) is 1. The molecule has 0 aliphatic carbocycles. The fourth-order valence-corrected chi connectivity index (χ4v) is 2.69. The summed E-state index contributed by atoms with van der Waals surface area (Å²) in [6.07, 6.45) is 0.0739. The zero-order valence-corrected chi connectivity index (χ0v) is 14.8. The molecule has 1 amide bonds. The summed E-state index contributed by atoms with van der Waals surface area (Å²) >= 11 is 0. The largest absolute Gasteiger partial charge is 0.497 e. The number of esters is 1. The van der Waals surface area contributed by atoms with Crippen LogP contribution in [0.2, 0.25) is 0 Å². The van der Waals surface area contributed by atoms with Gasteiger partial charge in [-0.25, -0.2) is 0 Å². The van der Waals surface area contributed by atoms with Crippen LogP contribution in [-0.2, 0) is 11.2 Å². The van der Waals surface area contributed by atoms with Crippen LogP contribution in [0.4, 0.5) is 0 Å². The normalized spacial score (nSPS) is 10.3. The molecule has 0 spiro atoms. The smallest absolute Gasteiger partial charge is 0.315 e. The number of primary amides is 1. The van der Waals surface area contributed by atoms with Gasteiger partial charge in [0.15, 0.2) is 0 Å². The van der Waals surface area contributed by atoms with E-state index in [2.05, 4.69) is 0 Å². The Morgan fingerprint density at radius 2 is 1.56 bits per heavy atom. The van der Waals surface area contributed by atoms with Crippen molar-refractivity contribution >= 4 is 11.9 Å². The quantitative estimate of drug-likeness (QED) is 0.537. The molecule has 3 aromatic rings. The van der Waals surface area contributed by atoms with Crippen molar-refractivity contribution in [2.45, 2.75) is 6.42 Å². The highest BCUT2D eigenvalue weighted by Gasteiger charge is 2.15. The van der Waals surface area contributed by atoms with Gasteiger partial charge in [-0.3, -0.25) is 9.59 Å². The molecule has 0 bridgehead atoms. The van der Waals surface area contributed by atoms with Crippen LogP contribution in [0.25, 0.3) is 11.1 Å². The van der Waals surface area contributed by atoms with E-state index in [0.29, 0.717) is 5.75 Å². The molecule has 5 heteroatoms. The Balaban J connectivity index is 1.72. The first kappa shape index (κ1) is 18.2. The van der Waals surface area contributed by atoms with Crippen molar-refractivity contribution in [2.75, 3.05) is 7.11 Å². The highest BCUT2D eigenvalue weighted by molar-refractivity contribution is 5.96. The Labute approximate surface area is 157 Å². The van der Waals surface area contributed by atoms with Crippen molar-refractivity contribution < 1.29 is 19.1 Å². The van der Waals surface area contributed by atoms with E-state index in [-0.39, 0.29) is 17.7 Å². The number of hydrogen-bond acceptors (Lipinski definition) is 4. The average molecular weight is 361 g/mol. The summed E-state index contributed by atoms with van der Waals surface area (Å²) in [5.41, 5.74) is 8.44. The number of hydrogen-bond donors (Lipinski definition) is 1. The molecule has 136 valence electrons. The summed E-state index contributed by atoms with van der Waals surface area (Å²) in [7, 11) is 1.49. The third kappa shape index (κ3) is 4.52. The Bertz CT molecular complexity index is 950. The van der Waals surface area contributed by atoms with Crippen LogP contribution in [0, 0.1) is 0 Å². The van der Waals surface area contributed by atoms with E-state index in [1.165, 1.54) is 19.2 Å². The molecule has 0 aromatic heterocycles. The summed E-state index contributed by atoms with van der Waals surface area (Å²) in [6.45, 7) is 0. The van der Waals surface area contributed by atoms with Crippen molar-refractivity contribution in [1.82, 2.24) is 0 Å². The highest BCUT2D eigenvalue weighted by Crippen LogP contribution is 2.25. The SMILES string of the molecule is COc1ccc(C(N)=O)c(OC(=O)Cc2ccc(-c3ccccc3)cc2)c1. The zero-order valence-electron chi connectivity index (χ0n) is 14.8. The van der Waals surface area contributed by atoms with Gasteiger partial charge in [-0.2, -0.15) is 0 Å². The number of carbonyl (C=O) groups excluding carboxylic acids is 2. The number of methoxy groups -OCH3 is 1. The predicted octanol–water partition coefficient (Wildman–Crippen LogP) is 3.61. The molecule has 27 heavy (non-hydrogen) atoms. The van der Waals surface area contributed by atoms with Crippen molar-refractivity contribution in [3.63, 3.8) is 0 Å². The van der Waals surface area contributed by atoms with Gasteiger partial charge in [0.05, 0.1) is 19.1 Å². The predicted molar refractivity (Wildman–Crippen MR) is 103 cm³/mol. The molecule has 0 heterocycles. The van der Waals surface area contributed by atoms with E-state index in [4.69, 9.17) is 15.2 Å². The first-order valence-corrected chi connectivity index (χ1v) is 8.39. The summed E-state index contributed by atoms with van der Waals surface area (Å²) in [5, 5.41) is 0. The first-order valence-electron chi connectivity index (χ1n) is 8.39. The van der Waals surface area contributed by atoms with Crippen LogP contribution < -0.4 is 15.2 Å². The van der Waals surface area contributed by atoms with Crippen molar-refractivity contribution in [1.29, 1.82) is 0 Å². The van der Waals surface area contributed by atoms with E-state index in [1.807, 2.05) is 54.6 Å². The lowest BCUT2D eigenvalue weighted by atomic mass is 10.0. The Kier molecular flexibility index (Phi) is 5.52. The lowest BCUT2D eigenvalue weighted by molar-refractivity contribution is -0.133. The minimum absolute atomic E-state index is 0.0739. The molecule has 3 aromatic carbocycles. The number of benzene rings is 3. The number of amides is 1. The average Bonchev–Trinajstić information content (AvgIpc) is 2.69. The van der Waals surface area contributed by atoms with Gasteiger partial charge in [-0.05, 0) is 28.8 Å². The lowest BCUT2D eigenvalue weighted by Crippen LogP contribution is -2.17. The fraction of sp³-hybridized carbons (Fsp3) is 0.0909. The molecule has 0 atom stereocenters. The molecule has 3 rings (SSSR count). The molecule has 0 saturated heterocycles. The minimum Gasteiger partial charge on any atom is -0.497 e. The molecular weight excluding hydrogens is 342 g/mol. The second-order valence-electron chi connectivity index (χ2n) is 5.94. The van der Waals surface area contributed by atoms with Crippen LogP contribution in [-0.4, -0.2) is 19.0 Å². The summed E-state index contributed by atoms with van der Waals surface area (Å²) in [6, 6.07) is 22.2. The Hall–Kier alpha value is -3.60. The molecule has 2 N–H and O–H groups in total. The van der Waals surface area contributed by atoms with Crippen LogP contribution >= 0.6 is 0 Å². The number of ether oxygens (including phenoxy) is 2. The van der Waals surface area contributed by atoms with Gasteiger partial charge in [0, 0.05) is 6.07 Å². The maximum absolute atomic E-state index is 12.3. The van der Waals surface area contributed by atoms with Gasteiger partial charge in [-0.15, -0.1) is 0 Å². The van der Waals surface area contributed by atoms with Gasteiger partial charge in [0.25, 0.3) is 5.91 Å². The van der Waals surface area contributed by atoms with E-state index in [1.54, 1.807) is 6.07 Å². The molecule has 0 aliphatic heterocycles. The molecule has 5 nitrogen and oxygen atoms in total. The van der Waals surface area contributed by atoms with Gasteiger partial charge in [0.1, 0.15) is 11.5 Å². The number of carbonyl (C=O) groups is 2. The zero-order chi connectivity index (χ0) is 19.2. The highest BCUT2D eigenvalue weighted by atomic mass is 16.5. The second-order valence-corrected chi connectivity index (χ2v) is 5.94. The van der Waals surface area contributed by atoms with Crippen LogP contribution in [0.5, 0.6) is 11.5 Å². The van der Waals surface area contributed by atoms with Gasteiger partial charge in [0.2, 0.25) is 0 Å². The monoisotopic (exact) mass is 361 g/mol. The summed E-state index contributed by atoms with van der Waals surface area (Å²) in [4.78, 5) is 23.8.